The molecule has 0 saturated carbocycles. The predicted molar refractivity (Wildman–Crippen MR) is 114 cm³/mol. The molecule has 0 aromatic heterocycles. The maximum absolute atomic E-state index is 12.8. The molecule has 1 unspecified atom stereocenters. The quantitative estimate of drug-likeness (QED) is 0.728. The number of hydrogen-bond donors (Lipinski definition) is 1. The molecule has 1 heterocycles. The smallest absolute Gasteiger partial charge is 0.251 e. The third-order valence-electron chi connectivity index (χ3n) is 4.76. The van der Waals surface area contributed by atoms with Crippen molar-refractivity contribution in [2.75, 3.05) is 18.8 Å². The van der Waals surface area contributed by atoms with E-state index in [1.165, 1.54) is 16.4 Å². The summed E-state index contributed by atoms with van der Waals surface area (Å²) in [5.41, 5.74) is 1.33. The van der Waals surface area contributed by atoms with Gasteiger partial charge in [0.2, 0.25) is 10.0 Å². The normalized spacial score (nSPS) is 16.6. The van der Waals surface area contributed by atoms with Gasteiger partial charge in [-0.1, -0.05) is 31.5 Å². The van der Waals surface area contributed by atoms with E-state index in [-0.39, 0.29) is 16.8 Å². The molecule has 8 heteroatoms. The molecule has 1 aliphatic heterocycles. The molecule has 28 heavy (non-hydrogen) atoms. The van der Waals surface area contributed by atoms with E-state index in [1.807, 2.05) is 18.2 Å². The molecule has 0 spiro atoms. The summed E-state index contributed by atoms with van der Waals surface area (Å²) < 4.78 is 26.8. The molecule has 0 aliphatic carbocycles. The number of sulfonamides is 1. The van der Waals surface area contributed by atoms with Crippen molar-refractivity contribution in [2.45, 2.75) is 36.1 Å². The number of nitrogens with zero attached hydrogens (tertiary/aromatic N) is 1. The summed E-state index contributed by atoms with van der Waals surface area (Å²) in [6, 6.07) is 11.8. The molecule has 0 fully saturated rings. The lowest BCUT2D eigenvalue weighted by Crippen LogP contribution is -2.32. The van der Waals surface area contributed by atoms with Crippen molar-refractivity contribution in [3.63, 3.8) is 0 Å². The van der Waals surface area contributed by atoms with E-state index in [4.69, 9.17) is 11.6 Å². The highest BCUT2D eigenvalue weighted by Gasteiger charge is 2.25. The van der Waals surface area contributed by atoms with Gasteiger partial charge in [-0.3, -0.25) is 4.79 Å². The van der Waals surface area contributed by atoms with Gasteiger partial charge in [-0.05, 0) is 48.4 Å². The Hall–Kier alpha value is -1.54. The van der Waals surface area contributed by atoms with Crippen LogP contribution in [-0.4, -0.2) is 37.5 Å². The monoisotopic (exact) mass is 438 g/mol. The van der Waals surface area contributed by atoms with E-state index in [0.29, 0.717) is 23.7 Å². The summed E-state index contributed by atoms with van der Waals surface area (Å²) in [5, 5.41) is 3.67. The number of halogens is 1. The third kappa shape index (κ3) is 4.38. The lowest BCUT2D eigenvalue weighted by molar-refractivity contribution is 0.0934. The number of rotatable bonds is 6. The van der Waals surface area contributed by atoms with E-state index in [0.717, 1.165) is 22.6 Å². The largest absolute Gasteiger partial charge is 0.345 e. The first-order valence-corrected chi connectivity index (χ1v) is 12.0. The van der Waals surface area contributed by atoms with Crippen LogP contribution in [0.1, 0.15) is 42.2 Å². The number of nitrogens with one attached hydrogen (secondary N) is 1. The number of fused-ring (bicyclic) bond motifs is 1. The van der Waals surface area contributed by atoms with Crippen molar-refractivity contribution in [1.82, 2.24) is 9.62 Å². The number of carbonyl (C=O) groups is 1. The molecule has 1 aliphatic rings. The fourth-order valence-corrected chi connectivity index (χ4v) is 6.06. The zero-order valence-corrected chi connectivity index (χ0v) is 18.2. The van der Waals surface area contributed by atoms with Gasteiger partial charge in [0.15, 0.2) is 0 Å². The maximum Gasteiger partial charge on any atom is 0.251 e. The molecule has 3 rings (SSSR count). The van der Waals surface area contributed by atoms with Crippen LogP contribution in [0.15, 0.2) is 52.3 Å². The van der Waals surface area contributed by atoms with E-state index in [9.17, 15) is 13.2 Å². The lowest BCUT2D eigenvalue weighted by Gasteiger charge is -2.26. The van der Waals surface area contributed by atoms with Crippen LogP contribution in [0.2, 0.25) is 5.02 Å². The molecule has 0 radical (unpaired) electrons. The van der Waals surface area contributed by atoms with Crippen LogP contribution in [0.4, 0.5) is 0 Å². The van der Waals surface area contributed by atoms with E-state index in [2.05, 4.69) is 5.32 Å². The van der Waals surface area contributed by atoms with Crippen molar-refractivity contribution in [2.24, 2.45) is 0 Å². The summed E-state index contributed by atoms with van der Waals surface area (Å²) >= 11 is 7.87. The predicted octanol–water partition coefficient (Wildman–Crippen LogP) is 4.34. The van der Waals surface area contributed by atoms with Crippen molar-refractivity contribution >= 4 is 39.3 Å². The summed E-state index contributed by atoms with van der Waals surface area (Å²) in [6.45, 7) is 4.35. The highest BCUT2D eigenvalue weighted by atomic mass is 35.5. The van der Waals surface area contributed by atoms with Gasteiger partial charge in [-0.15, -0.1) is 11.8 Å². The van der Waals surface area contributed by atoms with Crippen LogP contribution in [0.3, 0.4) is 0 Å². The molecule has 2 aromatic carbocycles. The molecule has 5 nitrogen and oxygen atoms in total. The van der Waals surface area contributed by atoms with Gasteiger partial charge >= 0.3 is 0 Å². The SMILES string of the molecule is CCN(CC)S(=O)(=O)c1cccc(C(=O)NC2CCSc3ccc(Cl)cc32)c1. The van der Waals surface area contributed by atoms with Crippen LogP contribution >= 0.6 is 23.4 Å². The first kappa shape index (κ1) is 21.2. The molecular formula is C20H23ClN2O3S2. The first-order valence-electron chi connectivity index (χ1n) is 9.20. The molecule has 1 amide bonds. The average Bonchev–Trinajstić information content (AvgIpc) is 2.69. The molecule has 0 saturated heterocycles. The number of benzene rings is 2. The van der Waals surface area contributed by atoms with Crippen LogP contribution in [0, 0.1) is 0 Å². The fraction of sp³-hybridized carbons (Fsp3) is 0.350. The van der Waals surface area contributed by atoms with Gasteiger partial charge in [-0.25, -0.2) is 8.42 Å². The zero-order chi connectivity index (χ0) is 20.3. The fourth-order valence-electron chi connectivity index (χ4n) is 3.27. The minimum atomic E-state index is -3.61. The maximum atomic E-state index is 12.8. The number of carbonyl (C=O) groups excluding carboxylic acids is 1. The van der Waals surface area contributed by atoms with Gasteiger partial charge in [0.05, 0.1) is 10.9 Å². The molecule has 150 valence electrons. The third-order valence-corrected chi connectivity index (χ3v) is 8.16. The summed E-state index contributed by atoms with van der Waals surface area (Å²) in [7, 11) is -3.61. The van der Waals surface area contributed by atoms with Gasteiger partial charge in [-0.2, -0.15) is 4.31 Å². The Kier molecular flexibility index (Phi) is 6.70. The van der Waals surface area contributed by atoms with Crippen LogP contribution in [0.25, 0.3) is 0 Å². The second-order valence-corrected chi connectivity index (χ2v) is 9.97. The van der Waals surface area contributed by atoms with E-state index < -0.39 is 10.0 Å². The standard InChI is InChI=1S/C20H23ClN2O3S2/c1-3-23(4-2)28(25,26)16-7-5-6-14(12-16)20(24)22-18-10-11-27-19-9-8-15(21)13-17(18)19/h5-9,12-13,18H,3-4,10-11H2,1-2H3,(H,22,24). The molecule has 2 aromatic rings. The van der Waals surface area contributed by atoms with Crippen molar-refractivity contribution in [3.8, 4) is 0 Å². The highest BCUT2D eigenvalue weighted by molar-refractivity contribution is 7.99. The molecule has 1 N–H and O–H groups in total. The Morgan fingerprint density at radius 1 is 1.21 bits per heavy atom. The summed E-state index contributed by atoms with van der Waals surface area (Å²) in [6.07, 6.45) is 0.793. The summed E-state index contributed by atoms with van der Waals surface area (Å²) in [4.78, 5) is 14.1. The minimum absolute atomic E-state index is 0.131. The van der Waals surface area contributed by atoms with Crippen molar-refractivity contribution < 1.29 is 13.2 Å². The second-order valence-electron chi connectivity index (χ2n) is 6.46. The Bertz CT molecular complexity index is 975. The van der Waals surface area contributed by atoms with Gasteiger partial charge in [0.1, 0.15) is 0 Å². The van der Waals surface area contributed by atoms with Crippen LogP contribution < -0.4 is 5.32 Å². The second kappa shape index (κ2) is 8.86. The van der Waals surface area contributed by atoms with Crippen LogP contribution in [0.5, 0.6) is 0 Å². The van der Waals surface area contributed by atoms with Crippen LogP contribution in [-0.2, 0) is 10.0 Å². The highest BCUT2D eigenvalue weighted by Crippen LogP contribution is 2.37. The molecular weight excluding hydrogens is 416 g/mol. The van der Waals surface area contributed by atoms with Gasteiger partial charge < -0.3 is 5.32 Å². The Morgan fingerprint density at radius 2 is 1.96 bits per heavy atom. The topological polar surface area (TPSA) is 66.5 Å². The van der Waals surface area contributed by atoms with Crippen molar-refractivity contribution in [3.05, 3.63) is 58.6 Å². The Balaban J connectivity index is 1.85. The Labute approximate surface area is 175 Å². The average molecular weight is 439 g/mol. The number of amides is 1. The summed E-state index contributed by atoms with van der Waals surface area (Å²) in [5.74, 6) is 0.607. The molecule has 1 atom stereocenters. The van der Waals surface area contributed by atoms with Gasteiger partial charge in [0.25, 0.3) is 5.91 Å². The number of thioether (sulfide) groups is 1. The van der Waals surface area contributed by atoms with E-state index >= 15 is 0 Å². The van der Waals surface area contributed by atoms with Gasteiger partial charge in [0, 0.05) is 34.3 Å². The Morgan fingerprint density at radius 3 is 2.68 bits per heavy atom. The molecule has 0 bridgehead atoms. The van der Waals surface area contributed by atoms with E-state index in [1.54, 1.807) is 37.7 Å². The minimum Gasteiger partial charge on any atom is -0.345 e. The lowest BCUT2D eigenvalue weighted by atomic mass is 10.0. The van der Waals surface area contributed by atoms with Crippen molar-refractivity contribution in [1.29, 1.82) is 0 Å². The zero-order valence-electron chi connectivity index (χ0n) is 15.8. The number of hydrogen-bond acceptors (Lipinski definition) is 4. The first-order chi connectivity index (χ1) is 13.4.